The first-order valence-electron chi connectivity index (χ1n) is 14.7. The topological polar surface area (TPSA) is 13.1 Å². The smallest absolute Gasteiger partial charge is 0.142 e. The molecule has 0 atom stereocenters. The van der Waals surface area contributed by atoms with Crippen molar-refractivity contribution in [3.05, 3.63) is 144 Å². The Morgan fingerprint density at radius 2 is 1.40 bits per heavy atom. The predicted molar refractivity (Wildman–Crippen MR) is 183 cm³/mol. The van der Waals surface area contributed by atoms with Gasteiger partial charge in [-0.1, -0.05) is 117 Å². The fraction of sp³-hybridized carbons (Fsp3) is 0.100. The van der Waals surface area contributed by atoms with Crippen LogP contribution in [0.3, 0.4) is 0 Å². The Morgan fingerprint density at radius 3 is 2.16 bits per heavy atom. The molecule has 43 heavy (non-hydrogen) atoms. The predicted octanol–water partition coefficient (Wildman–Crippen LogP) is 12.1. The molecule has 2 heterocycles. The molecule has 0 radical (unpaired) electrons. The highest BCUT2D eigenvalue weighted by Crippen LogP contribution is 2.56. The molecule has 2 aliphatic rings. The number of allylic oxidation sites excluding steroid dienone is 1. The Labute approximate surface area is 261 Å². The molecule has 208 valence electrons. The molecule has 0 saturated heterocycles. The fourth-order valence-electron chi connectivity index (χ4n) is 6.70. The minimum absolute atomic E-state index is 0.0862. The maximum Gasteiger partial charge on any atom is 0.142 e. The van der Waals surface area contributed by atoms with Crippen molar-refractivity contribution in [1.29, 1.82) is 0 Å². The minimum Gasteiger partial charge on any atom is -0.455 e. The number of furan rings is 1. The third kappa shape index (κ3) is 4.10. The lowest BCUT2D eigenvalue weighted by atomic mass is 9.81. The molecule has 0 unspecified atom stereocenters. The van der Waals surface area contributed by atoms with Gasteiger partial charge in [-0.05, 0) is 88.3 Å². The van der Waals surface area contributed by atoms with E-state index < -0.39 is 0 Å². The number of hydrogen-bond donors (Lipinski definition) is 0. The van der Waals surface area contributed by atoms with Crippen molar-refractivity contribution in [3.8, 4) is 22.3 Å². The van der Waals surface area contributed by atoms with Crippen molar-refractivity contribution in [2.45, 2.75) is 45.8 Å². The summed E-state index contributed by atoms with van der Waals surface area (Å²) < 4.78 is 6.39. The highest BCUT2D eigenvalue weighted by molar-refractivity contribution is 8.05. The van der Waals surface area contributed by atoms with E-state index in [0.717, 1.165) is 33.4 Å². The largest absolute Gasteiger partial charge is 0.455 e. The molecule has 5 aromatic carbocycles. The van der Waals surface area contributed by atoms with Gasteiger partial charge in [0.25, 0.3) is 0 Å². The average Bonchev–Trinajstić information content (AvgIpc) is 3.51. The fourth-order valence-corrected chi connectivity index (χ4v) is 8.98. The van der Waals surface area contributed by atoms with Gasteiger partial charge in [0.2, 0.25) is 0 Å². The summed E-state index contributed by atoms with van der Waals surface area (Å²) in [6, 6.07) is 37.6. The van der Waals surface area contributed by atoms with Gasteiger partial charge in [-0.25, -0.2) is 0 Å². The molecule has 0 bridgehead atoms. The first-order chi connectivity index (χ1) is 21.0. The van der Waals surface area contributed by atoms with Gasteiger partial charge in [-0.3, -0.25) is 0 Å². The van der Waals surface area contributed by atoms with Crippen molar-refractivity contribution in [1.82, 2.24) is 0 Å². The van der Waals surface area contributed by atoms with Gasteiger partial charge in [0.1, 0.15) is 11.3 Å². The summed E-state index contributed by atoms with van der Waals surface area (Å²) in [4.78, 5) is 5.40. The number of benzene rings is 5. The summed E-state index contributed by atoms with van der Waals surface area (Å²) in [5, 5.41) is 1.09. The van der Waals surface area contributed by atoms with Crippen molar-refractivity contribution < 1.29 is 4.42 Å². The molecule has 1 aliphatic carbocycles. The van der Waals surface area contributed by atoms with E-state index in [4.69, 9.17) is 4.42 Å². The first-order valence-corrected chi connectivity index (χ1v) is 16.3. The van der Waals surface area contributed by atoms with E-state index in [1.807, 2.05) is 47.8 Å². The highest BCUT2D eigenvalue weighted by Gasteiger charge is 2.37. The van der Waals surface area contributed by atoms with Crippen LogP contribution in [0.25, 0.3) is 44.9 Å². The molecule has 0 saturated carbocycles. The van der Waals surface area contributed by atoms with Gasteiger partial charge in [0.15, 0.2) is 0 Å². The van der Waals surface area contributed by atoms with Crippen LogP contribution < -0.4 is 0 Å². The molecule has 1 aliphatic heterocycles. The standard InChI is InChI=1S/C40H30OS2/c1-5-27(39-28(6-2)30-14-7-8-15-34(30)41-39)26-13-11-12-24(20-26)25-18-19-29-31-22-37-38(23-33(31)40(3,4)32(29)21-25)43-36-17-10-9-16-35(36)42-37/h5-23H,2H2,1,3-4H3/b27-5-. The third-order valence-corrected chi connectivity index (χ3v) is 11.4. The monoisotopic (exact) mass is 590 g/mol. The lowest BCUT2D eigenvalue weighted by Gasteiger charge is -2.24. The molecular formula is C40H30OS2. The molecule has 1 aromatic heterocycles. The zero-order valence-corrected chi connectivity index (χ0v) is 26.0. The Bertz CT molecular complexity index is 2140. The van der Waals surface area contributed by atoms with Crippen molar-refractivity contribution in [2.75, 3.05) is 0 Å². The summed E-state index contributed by atoms with van der Waals surface area (Å²) in [6.45, 7) is 10.9. The van der Waals surface area contributed by atoms with E-state index in [1.165, 1.54) is 53.0 Å². The summed E-state index contributed by atoms with van der Waals surface area (Å²) in [5.41, 5.74) is 12.0. The van der Waals surface area contributed by atoms with Crippen LogP contribution in [0.1, 0.15) is 48.8 Å². The SMILES string of the molecule is C=Cc1c(/C(=C\C)c2cccc(-c3ccc4c(c3)C(C)(C)c3cc5c(cc3-4)Sc3ccccc3S5)c2)oc2ccccc12. The Hall–Kier alpha value is -4.18. The van der Waals surface area contributed by atoms with E-state index in [0.29, 0.717) is 0 Å². The molecule has 0 spiro atoms. The van der Waals surface area contributed by atoms with Crippen LogP contribution in [-0.4, -0.2) is 0 Å². The average molecular weight is 591 g/mol. The maximum absolute atomic E-state index is 6.39. The molecule has 6 aromatic rings. The second-order valence-corrected chi connectivity index (χ2v) is 13.9. The summed E-state index contributed by atoms with van der Waals surface area (Å²) in [6.07, 6.45) is 4.05. The van der Waals surface area contributed by atoms with Crippen LogP contribution in [-0.2, 0) is 5.41 Å². The van der Waals surface area contributed by atoms with Crippen LogP contribution in [0.5, 0.6) is 0 Å². The summed E-state index contributed by atoms with van der Waals surface area (Å²) >= 11 is 3.79. The number of fused-ring (bicyclic) bond motifs is 6. The van der Waals surface area contributed by atoms with E-state index >= 15 is 0 Å². The van der Waals surface area contributed by atoms with Crippen LogP contribution in [0, 0.1) is 0 Å². The van der Waals surface area contributed by atoms with E-state index in [9.17, 15) is 0 Å². The normalized spacial score (nSPS) is 14.6. The molecular weight excluding hydrogens is 561 g/mol. The summed E-state index contributed by atoms with van der Waals surface area (Å²) in [5.74, 6) is 0.864. The number of para-hydroxylation sites is 1. The van der Waals surface area contributed by atoms with Crippen LogP contribution in [0.15, 0.2) is 140 Å². The second kappa shape index (κ2) is 9.94. The Kier molecular flexibility index (Phi) is 6.11. The van der Waals surface area contributed by atoms with Gasteiger partial charge in [0.05, 0.1) is 0 Å². The highest BCUT2D eigenvalue weighted by atomic mass is 32.2. The zero-order chi connectivity index (χ0) is 29.3. The van der Waals surface area contributed by atoms with Crippen molar-refractivity contribution in [3.63, 3.8) is 0 Å². The zero-order valence-electron chi connectivity index (χ0n) is 24.4. The molecule has 0 amide bonds. The van der Waals surface area contributed by atoms with Crippen LogP contribution in [0.2, 0.25) is 0 Å². The lowest BCUT2D eigenvalue weighted by molar-refractivity contribution is 0.599. The van der Waals surface area contributed by atoms with Gasteiger partial charge in [-0.2, -0.15) is 0 Å². The lowest BCUT2D eigenvalue weighted by Crippen LogP contribution is -2.15. The Morgan fingerprint density at radius 1 is 0.698 bits per heavy atom. The molecule has 3 heteroatoms. The third-order valence-electron chi connectivity index (χ3n) is 8.91. The number of hydrogen-bond acceptors (Lipinski definition) is 3. The Balaban J connectivity index is 1.19. The molecule has 8 rings (SSSR count). The van der Waals surface area contributed by atoms with Crippen molar-refractivity contribution in [2.24, 2.45) is 0 Å². The minimum atomic E-state index is -0.0862. The van der Waals surface area contributed by atoms with Gasteiger partial charge >= 0.3 is 0 Å². The molecule has 1 nitrogen and oxygen atoms in total. The van der Waals surface area contributed by atoms with Crippen molar-refractivity contribution >= 4 is 46.1 Å². The van der Waals surface area contributed by atoms with E-state index in [2.05, 4.69) is 118 Å². The van der Waals surface area contributed by atoms with Gasteiger partial charge in [0, 0.05) is 41.5 Å². The van der Waals surface area contributed by atoms with E-state index in [-0.39, 0.29) is 5.41 Å². The second-order valence-electron chi connectivity index (χ2n) is 11.7. The van der Waals surface area contributed by atoms with Crippen LogP contribution >= 0.6 is 23.5 Å². The maximum atomic E-state index is 6.39. The molecule has 0 N–H and O–H groups in total. The van der Waals surface area contributed by atoms with Gasteiger partial charge in [-0.15, -0.1) is 0 Å². The number of rotatable bonds is 4. The quantitative estimate of drug-likeness (QED) is 0.202. The molecule has 0 fully saturated rings. The summed E-state index contributed by atoms with van der Waals surface area (Å²) in [7, 11) is 0. The van der Waals surface area contributed by atoms with E-state index in [1.54, 1.807) is 0 Å². The van der Waals surface area contributed by atoms with Gasteiger partial charge < -0.3 is 4.42 Å². The van der Waals surface area contributed by atoms with Crippen LogP contribution in [0.4, 0.5) is 0 Å². The first kappa shape index (κ1) is 26.4.